The van der Waals surface area contributed by atoms with Gasteiger partial charge in [0.05, 0.1) is 22.7 Å². The second-order valence-corrected chi connectivity index (χ2v) is 5.66. The van der Waals surface area contributed by atoms with Crippen molar-refractivity contribution in [2.45, 2.75) is 13.8 Å². The molecule has 0 unspecified atom stereocenters. The van der Waals surface area contributed by atoms with E-state index >= 15 is 0 Å². The summed E-state index contributed by atoms with van der Waals surface area (Å²) in [7, 11) is 0. The Morgan fingerprint density at radius 2 is 1.88 bits per heavy atom. The summed E-state index contributed by atoms with van der Waals surface area (Å²) < 4.78 is 14.8. The van der Waals surface area contributed by atoms with Crippen molar-refractivity contribution >= 4 is 22.6 Å². The van der Waals surface area contributed by atoms with Gasteiger partial charge in [0.1, 0.15) is 0 Å². The summed E-state index contributed by atoms with van der Waals surface area (Å²) >= 11 is 5.72. The van der Waals surface area contributed by atoms with Crippen LogP contribution in [0, 0.1) is 31.0 Å². The van der Waals surface area contributed by atoms with Crippen LogP contribution in [0.2, 0.25) is 5.15 Å². The first-order chi connectivity index (χ1) is 11.3. The maximum Gasteiger partial charge on any atom is 0.334 e. The highest BCUT2D eigenvalue weighted by atomic mass is 35.5. The van der Waals surface area contributed by atoms with Gasteiger partial charge in [0.2, 0.25) is 0 Å². The molecule has 3 rings (SSSR count). The van der Waals surface area contributed by atoms with E-state index in [0.717, 1.165) is 10.6 Å². The van der Waals surface area contributed by atoms with Crippen LogP contribution in [0.4, 0.5) is 4.39 Å². The number of nitrogens with one attached hydrogen (secondary N) is 1. The molecule has 8 heteroatoms. The minimum absolute atomic E-state index is 0.0499. The summed E-state index contributed by atoms with van der Waals surface area (Å²) in [6.07, 6.45) is 0. The van der Waals surface area contributed by atoms with Crippen molar-refractivity contribution in [3.05, 3.63) is 66.7 Å². The monoisotopic (exact) mass is 344 g/mol. The first-order valence-corrected chi connectivity index (χ1v) is 7.24. The van der Waals surface area contributed by atoms with E-state index in [4.69, 9.17) is 16.9 Å². The van der Waals surface area contributed by atoms with Gasteiger partial charge < -0.3 is 0 Å². The van der Waals surface area contributed by atoms with E-state index in [-0.39, 0.29) is 11.0 Å². The van der Waals surface area contributed by atoms with Gasteiger partial charge in [-0.15, -0.1) is 0 Å². The summed E-state index contributed by atoms with van der Waals surface area (Å²) in [5, 5.41) is 8.50. The molecule has 2 aromatic heterocycles. The molecule has 120 valence electrons. The Morgan fingerprint density at radius 1 is 1.25 bits per heavy atom. The van der Waals surface area contributed by atoms with Crippen LogP contribution in [0.15, 0.2) is 27.8 Å². The third-order valence-electron chi connectivity index (χ3n) is 3.64. The fourth-order valence-electron chi connectivity index (χ4n) is 2.69. The number of halogens is 2. The molecular weight excluding hydrogens is 335 g/mol. The third kappa shape index (κ3) is 2.37. The molecular formula is C16H10ClFN4O2. The van der Waals surface area contributed by atoms with Crippen molar-refractivity contribution < 1.29 is 4.39 Å². The van der Waals surface area contributed by atoms with Crippen LogP contribution in [-0.2, 0) is 0 Å². The zero-order chi connectivity index (χ0) is 17.6. The Labute approximate surface area is 139 Å². The standard InChI is InChI=1S/C16H10ClFN4O2/c1-7-3-9(6-19)4-8(2)12(7)22-14-10(15(23)21-16(22)24)5-11(18)13(17)20-14/h3-5H,1-2H3,(H,21,23,24). The summed E-state index contributed by atoms with van der Waals surface area (Å²) in [6, 6.07) is 6.19. The smallest absolute Gasteiger partial charge is 0.273 e. The summed E-state index contributed by atoms with van der Waals surface area (Å²) in [6.45, 7) is 3.44. The van der Waals surface area contributed by atoms with Gasteiger partial charge in [-0.3, -0.25) is 9.78 Å². The van der Waals surface area contributed by atoms with Crippen LogP contribution in [0.25, 0.3) is 16.7 Å². The maximum absolute atomic E-state index is 13.6. The van der Waals surface area contributed by atoms with Crippen LogP contribution in [0.1, 0.15) is 16.7 Å². The average molecular weight is 345 g/mol. The summed E-state index contributed by atoms with van der Waals surface area (Å²) in [5.74, 6) is -0.854. The first-order valence-electron chi connectivity index (χ1n) is 6.86. The molecule has 0 fully saturated rings. The lowest BCUT2D eigenvalue weighted by Gasteiger charge is -2.15. The van der Waals surface area contributed by atoms with Crippen molar-refractivity contribution in [2.24, 2.45) is 0 Å². The molecule has 3 aromatic rings. The summed E-state index contributed by atoms with van der Waals surface area (Å²) in [4.78, 5) is 30.3. The predicted molar refractivity (Wildman–Crippen MR) is 87.1 cm³/mol. The van der Waals surface area contributed by atoms with E-state index in [0.29, 0.717) is 22.4 Å². The number of fused-ring (bicyclic) bond motifs is 1. The first kappa shape index (κ1) is 15.9. The fraction of sp³-hybridized carbons (Fsp3) is 0.125. The fourth-order valence-corrected chi connectivity index (χ4v) is 2.83. The topological polar surface area (TPSA) is 91.5 Å². The van der Waals surface area contributed by atoms with Gasteiger partial charge >= 0.3 is 5.69 Å². The van der Waals surface area contributed by atoms with E-state index < -0.39 is 22.2 Å². The van der Waals surface area contributed by atoms with Crippen LogP contribution in [-0.4, -0.2) is 14.5 Å². The van der Waals surface area contributed by atoms with Gasteiger partial charge in [-0.05, 0) is 43.2 Å². The van der Waals surface area contributed by atoms with Crippen molar-refractivity contribution in [1.82, 2.24) is 14.5 Å². The van der Waals surface area contributed by atoms with E-state index in [9.17, 15) is 14.0 Å². The number of aromatic nitrogens is 3. The Bertz CT molecular complexity index is 1130. The Hall–Kier alpha value is -2.98. The lowest BCUT2D eigenvalue weighted by Crippen LogP contribution is -2.31. The minimum Gasteiger partial charge on any atom is -0.273 e. The number of hydrogen-bond donors (Lipinski definition) is 1. The molecule has 0 bridgehead atoms. The number of rotatable bonds is 1. The highest BCUT2D eigenvalue weighted by molar-refractivity contribution is 6.29. The van der Waals surface area contributed by atoms with E-state index in [1.165, 1.54) is 0 Å². The van der Waals surface area contributed by atoms with Gasteiger partial charge in [-0.2, -0.15) is 5.26 Å². The molecule has 0 spiro atoms. The van der Waals surface area contributed by atoms with E-state index in [1.807, 2.05) is 6.07 Å². The number of nitrogens with zero attached hydrogens (tertiary/aromatic N) is 3. The highest BCUT2D eigenvalue weighted by Gasteiger charge is 2.17. The maximum atomic E-state index is 13.6. The molecule has 0 aliphatic carbocycles. The molecule has 0 aliphatic rings. The molecule has 6 nitrogen and oxygen atoms in total. The van der Waals surface area contributed by atoms with Crippen molar-refractivity contribution in [3.63, 3.8) is 0 Å². The number of hydrogen-bond acceptors (Lipinski definition) is 4. The normalized spacial score (nSPS) is 10.8. The molecule has 0 radical (unpaired) electrons. The molecule has 24 heavy (non-hydrogen) atoms. The number of pyridine rings is 1. The number of nitriles is 1. The van der Waals surface area contributed by atoms with Crippen LogP contribution < -0.4 is 11.2 Å². The molecule has 0 aliphatic heterocycles. The van der Waals surface area contributed by atoms with Gasteiger partial charge in [0.15, 0.2) is 16.6 Å². The van der Waals surface area contributed by atoms with Gasteiger partial charge in [-0.25, -0.2) is 18.7 Å². The highest BCUT2D eigenvalue weighted by Crippen LogP contribution is 2.23. The SMILES string of the molecule is Cc1cc(C#N)cc(C)c1-n1c(=O)[nH]c(=O)c2cc(F)c(Cl)nc21. The number of aromatic amines is 1. The van der Waals surface area contributed by atoms with Gasteiger partial charge in [-0.1, -0.05) is 11.6 Å². The molecule has 0 atom stereocenters. The molecule has 2 heterocycles. The van der Waals surface area contributed by atoms with Crippen molar-refractivity contribution in [3.8, 4) is 11.8 Å². The predicted octanol–water partition coefficient (Wildman–Crippen LogP) is 2.36. The Balaban J connectivity index is 2.53. The second-order valence-electron chi connectivity index (χ2n) is 5.30. The molecule has 1 aromatic carbocycles. The van der Waals surface area contributed by atoms with E-state index in [1.54, 1.807) is 26.0 Å². The zero-order valence-electron chi connectivity index (χ0n) is 12.6. The number of aryl methyl sites for hydroxylation is 2. The molecule has 0 saturated carbocycles. The van der Waals surface area contributed by atoms with Gasteiger partial charge in [0.25, 0.3) is 5.56 Å². The zero-order valence-corrected chi connectivity index (χ0v) is 13.4. The average Bonchev–Trinajstić information content (AvgIpc) is 2.51. The van der Waals surface area contributed by atoms with Crippen LogP contribution >= 0.6 is 11.6 Å². The second kappa shape index (κ2) is 5.58. The third-order valence-corrected chi connectivity index (χ3v) is 3.90. The number of benzene rings is 1. The Kier molecular flexibility index (Phi) is 3.70. The van der Waals surface area contributed by atoms with Crippen LogP contribution in [0.3, 0.4) is 0 Å². The Morgan fingerprint density at radius 3 is 2.46 bits per heavy atom. The molecule has 0 saturated heterocycles. The molecule has 0 amide bonds. The molecule has 1 N–H and O–H groups in total. The van der Waals surface area contributed by atoms with E-state index in [2.05, 4.69) is 9.97 Å². The van der Waals surface area contributed by atoms with Crippen LogP contribution in [0.5, 0.6) is 0 Å². The van der Waals surface area contributed by atoms with Gasteiger partial charge in [0, 0.05) is 0 Å². The van der Waals surface area contributed by atoms with Crippen molar-refractivity contribution in [1.29, 1.82) is 5.26 Å². The number of H-pyrrole nitrogens is 1. The lowest BCUT2D eigenvalue weighted by molar-refractivity contribution is 0.623. The quantitative estimate of drug-likeness (QED) is 0.686. The largest absolute Gasteiger partial charge is 0.334 e. The van der Waals surface area contributed by atoms with Crippen molar-refractivity contribution in [2.75, 3.05) is 0 Å². The summed E-state index contributed by atoms with van der Waals surface area (Å²) in [5.41, 5.74) is 0.624. The minimum atomic E-state index is -0.854. The lowest BCUT2D eigenvalue weighted by atomic mass is 10.0.